The zero-order valence-electron chi connectivity index (χ0n) is 11.5. The normalized spacial score (nSPS) is 35.2. The Morgan fingerprint density at radius 1 is 1.00 bits per heavy atom. The molecule has 0 amide bonds. The fraction of sp³-hybridized carbons (Fsp3) is 0.444. The minimum atomic E-state index is 0.428. The zero-order valence-corrected chi connectivity index (χ0v) is 11.5. The Morgan fingerprint density at radius 2 is 1.72 bits per heavy atom. The Kier molecular flexibility index (Phi) is 2.69. The second-order valence-corrected chi connectivity index (χ2v) is 6.19. The van der Waals surface area contributed by atoms with Crippen LogP contribution in [-0.2, 0) is 0 Å². The fourth-order valence-electron chi connectivity index (χ4n) is 3.84. The average Bonchev–Trinajstić information content (AvgIpc) is 2.84. The summed E-state index contributed by atoms with van der Waals surface area (Å²) in [5.74, 6) is 1.71. The van der Waals surface area contributed by atoms with Gasteiger partial charge in [-0.25, -0.2) is 0 Å². The van der Waals surface area contributed by atoms with E-state index >= 15 is 0 Å². The van der Waals surface area contributed by atoms with Gasteiger partial charge in [-0.15, -0.1) is 0 Å². The molecule has 0 bridgehead atoms. The third-order valence-electron chi connectivity index (χ3n) is 4.85. The lowest BCUT2D eigenvalue weighted by atomic mass is 9.80. The lowest BCUT2D eigenvalue weighted by Crippen LogP contribution is -2.13. The number of allylic oxidation sites excluding steroid dienone is 8. The summed E-state index contributed by atoms with van der Waals surface area (Å²) in [6.45, 7) is 13.3. The summed E-state index contributed by atoms with van der Waals surface area (Å²) >= 11 is 0. The largest absolute Gasteiger partial charge is 0.0986 e. The standard InChI is InChI=1S/C18H22/c1-11-5-7-15(9-11)18-13(3)16-8-6-12(2)10-17(16)14(18)4/h6-7,9,16-18H,3-5,8,10H2,1-2H3. The van der Waals surface area contributed by atoms with E-state index in [1.807, 2.05) is 0 Å². The van der Waals surface area contributed by atoms with Crippen LogP contribution in [0.5, 0.6) is 0 Å². The molecule has 0 nitrogen and oxygen atoms in total. The fourth-order valence-corrected chi connectivity index (χ4v) is 3.84. The Bertz CT molecular complexity index is 510. The van der Waals surface area contributed by atoms with Gasteiger partial charge in [0.15, 0.2) is 0 Å². The van der Waals surface area contributed by atoms with Gasteiger partial charge in [-0.05, 0) is 50.5 Å². The minimum Gasteiger partial charge on any atom is -0.0986 e. The lowest BCUT2D eigenvalue weighted by molar-refractivity contribution is 0.453. The van der Waals surface area contributed by atoms with Gasteiger partial charge >= 0.3 is 0 Å². The molecule has 18 heavy (non-hydrogen) atoms. The molecule has 0 N–H and O–H groups in total. The van der Waals surface area contributed by atoms with Gasteiger partial charge in [0, 0.05) is 5.92 Å². The van der Waals surface area contributed by atoms with E-state index < -0.39 is 0 Å². The maximum absolute atomic E-state index is 4.42. The first kappa shape index (κ1) is 11.8. The molecule has 0 aromatic carbocycles. The quantitative estimate of drug-likeness (QED) is 0.565. The van der Waals surface area contributed by atoms with Crippen LogP contribution in [-0.4, -0.2) is 0 Å². The van der Waals surface area contributed by atoms with Crippen LogP contribution in [0.2, 0.25) is 0 Å². The highest BCUT2D eigenvalue weighted by molar-refractivity contribution is 5.48. The maximum Gasteiger partial charge on any atom is 0.0255 e. The van der Waals surface area contributed by atoms with Crippen molar-refractivity contribution in [3.8, 4) is 0 Å². The summed E-state index contributed by atoms with van der Waals surface area (Å²) in [4.78, 5) is 0. The molecule has 0 radical (unpaired) electrons. The summed E-state index contributed by atoms with van der Waals surface area (Å²) in [5.41, 5.74) is 7.27. The number of hydrogen-bond donors (Lipinski definition) is 0. The molecule has 3 unspecified atom stereocenters. The highest BCUT2D eigenvalue weighted by Crippen LogP contribution is 2.53. The molecule has 0 aromatic rings. The molecular formula is C18H22. The van der Waals surface area contributed by atoms with Crippen LogP contribution in [0.4, 0.5) is 0 Å². The van der Waals surface area contributed by atoms with Crippen molar-refractivity contribution < 1.29 is 0 Å². The van der Waals surface area contributed by atoms with E-state index in [0.717, 1.165) is 6.42 Å². The molecular weight excluding hydrogens is 216 g/mol. The monoisotopic (exact) mass is 238 g/mol. The number of rotatable bonds is 1. The second kappa shape index (κ2) is 4.12. The first-order valence-electron chi connectivity index (χ1n) is 6.98. The third-order valence-corrected chi connectivity index (χ3v) is 4.85. The summed E-state index contributed by atoms with van der Waals surface area (Å²) in [5, 5.41) is 0. The Balaban J connectivity index is 1.92. The van der Waals surface area contributed by atoms with Crippen molar-refractivity contribution in [2.45, 2.75) is 33.1 Å². The van der Waals surface area contributed by atoms with E-state index in [2.05, 4.69) is 45.2 Å². The molecule has 3 atom stereocenters. The topological polar surface area (TPSA) is 0 Å². The molecule has 94 valence electrons. The van der Waals surface area contributed by atoms with Gasteiger partial charge in [0.2, 0.25) is 0 Å². The minimum absolute atomic E-state index is 0.428. The molecule has 3 aliphatic rings. The van der Waals surface area contributed by atoms with Crippen LogP contribution >= 0.6 is 0 Å². The average molecular weight is 238 g/mol. The van der Waals surface area contributed by atoms with Crippen LogP contribution in [0.15, 0.2) is 59.3 Å². The highest BCUT2D eigenvalue weighted by atomic mass is 14.5. The molecule has 0 spiro atoms. The van der Waals surface area contributed by atoms with Crippen molar-refractivity contribution in [2.75, 3.05) is 0 Å². The van der Waals surface area contributed by atoms with Gasteiger partial charge in [-0.2, -0.15) is 0 Å². The van der Waals surface area contributed by atoms with Crippen molar-refractivity contribution in [1.29, 1.82) is 0 Å². The van der Waals surface area contributed by atoms with Crippen LogP contribution in [0.25, 0.3) is 0 Å². The van der Waals surface area contributed by atoms with E-state index in [4.69, 9.17) is 0 Å². The van der Waals surface area contributed by atoms with E-state index in [-0.39, 0.29) is 0 Å². The Labute approximate surface area is 110 Å². The molecule has 0 saturated heterocycles. The zero-order chi connectivity index (χ0) is 12.9. The van der Waals surface area contributed by atoms with Gasteiger partial charge in [-0.3, -0.25) is 0 Å². The van der Waals surface area contributed by atoms with Crippen molar-refractivity contribution in [2.24, 2.45) is 17.8 Å². The molecule has 3 rings (SSSR count). The van der Waals surface area contributed by atoms with Gasteiger partial charge in [-0.1, -0.05) is 53.7 Å². The second-order valence-electron chi connectivity index (χ2n) is 6.19. The lowest BCUT2D eigenvalue weighted by Gasteiger charge is -2.24. The Morgan fingerprint density at radius 3 is 2.39 bits per heavy atom. The van der Waals surface area contributed by atoms with Crippen molar-refractivity contribution in [1.82, 2.24) is 0 Å². The van der Waals surface area contributed by atoms with Crippen LogP contribution < -0.4 is 0 Å². The molecule has 1 fully saturated rings. The van der Waals surface area contributed by atoms with Gasteiger partial charge in [0.1, 0.15) is 0 Å². The van der Waals surface area contributed by atoms with E-state index in [0.29, 0.717) is 17.8 Å². The van der Waals surface area contributed by atoms with E-state index in [9.17, 15) is 0 Å². The molecule has 3 aliphatic carbocycles. The van der Waals surface area contributed by atoms with Crippen molar-refractivity contribution in [3.63, 3.8) is 0 Å². The van der Waals surface area contributed by atoms with Gasteiger partial charge in [0.25, 0.3) is 0 Å². The first-order valence-corrected chi connectivity index (χ1v) is 6.98. The summed E-state index contributed by atoms with van der Waals surface area (Å²) in [6.07, 6.45) is 10.6. The first-order chi connectivity index (χ1) is 8.58. The summed E-state index contributed by atoms with van der Waals surface area (Å²) < 4.78 is 0. The molecule has 0 heterocycles. The van der Waals surface area contributed by atoms with Crippen LogP contribution in [0, 0.1) is 17.8 Å². The summed E-state index contributed by atoms with van der Waals surface area (Å²) in [7, 11) is 0. The van der Waals surface area contributed by atoms with Crippen molar-refractivity contribution in [3.05, 3.63) is 59.3 Å². The van der Waals surface area contributed by atoms with Crippen molar-refractivity contribution >= 4 is 0 Å². The number of hydrogen-bond acceptors (Lipinski definition) is 0. The number of fused-ring (bicyclic) bond motifs is 1. The predicted molar refractivity (Wildman–Crippen MR) is 78.2 cm³/mol. The predicted octanol–water partition coefficient (Wildman–Crippen LogP) is 4.98. The van der Waals surface area contributed by atoms with Gasteiger partial charge < -0.3 is 0 Å². The van der Waals surface area contributed by atoms with Crippen LogP contribution in [0.1, 0.15) is 33.1 Å². The molecule has 1 saturated carbocycles. The molecule has 0 aromatic heterocycles. The van der Waals surface area contributed by atoms with Crippen LogP contribution in [0.3, 0.4) is 0 Å². The highest BCUT2D eigenvalue weighted by Gasteiger charge is 2.42. The SMILES string of the molecule is C=C1C(C2=CCC(C)=C2)C(=C)C2CC(C)=CCC12. The molecule has 0 aliphatic heterocycles. The molecule has 0 heteroatoms. The third kappa shape index (κ3) is 1.67. The Hall–Kier alpha value is -1.30. The van der Waals surface area contributed by atoms with E-state index in [1.54, 1.807) is 0 Å². The van der Waals surface area contributed by atoms with E-state index in [1.165, 1.54) is 40.7 Å². The summed E-state index contributed by atoms with van der Waals surface area (Å²) in [6, 6.07) is 0. The smallest absolute Gasteiger partial charge is 0.0255 e. The van der Waals surface area contributed by atoms with Gasteiger partial charge in [0.05, 0.1) is 0 Å². The maximum atomic E-state index is 4.42.